The summed E-state index contributed by atoms with van der Waals surface area (Å²) in [6.45, 7) is 0.0166. The molecule has 0 atom stereocenters. The molecule has 1 aliphatic carbocycles. The zero-order chi connectivity index (χ0) is 20.7. The number of aromatic nitrogens is 2. The second-order valence-electron chi connectivity index (χ2n) is 7.42. The molecule has 1 aliphatic heterocycles. The smallest absolute Gasteiger partial charge is 0.259 e. The van der Waals surface area contributed by atoms with Gasteiger partial charge < -0.3 is 10.2 Å². The molecule has 3 aromatic rings. The van der Waals surface area contributed by atoms with Crippen LogP contribution in [-0.4, -0.2) is 33.5 Å². The molecule has 7 nitrogen and oxygen atoms in total. The number of para-hydroxylation sites is 2. The number of rotatable bonds is 4. The fourth-order valence-electron chi connectivity index (χ4n) is 3.99. The van der Waals surface area contributed by atoms with E-state index in [2.05, 4.69) is 10.3 Å². The highest BCUT2D eigenvalue weighted by Crippen LogP contribution is 2.30. The number of carbonyl (C=O) groups excluding carboxylic acids is 2. The SMILES string of the molecule is O=C1CN(C(=O)CSCc2cc(=O)n3c4c(sc3n2)CCCC4)c2ccccc2N1. The zero-order valence-electron chi connectivity index (χ0n) is 16.2. The number of thiazole rings is 1. The quantitative estimate of drug-likeness (QED) is 0.675. The first-order chi connectivity index (χ1) is 14.6. The summed E-state index contributed by atoms with van der Waals surface area (Å²) < 4.78 is 1.75. The highest BCUT2D eigenvalue weighted by molar-refractivity contribution is 7.99. The van der Waals surface area contributed by atoms with Crippen LogP contribution >= 0.6 is 23.1 Å². The number of thioether (sulfide) groups is 1. The van der Waals surface area contributed by atoms with Crippen molar-refractivity contribution in [1.82, 2.24) is 9.38 Å². The van der Waals surface area contributed by atoms with Gasteiger partial charge in [0.1, 0.15) is 6.54 Å². The summed E-state index contributed by atoms with van der Waals surface area (Å²) in [6, 6.07) is 8.86. The Labute approximate surface area is 181 Å². The number of carbonyl (C=O) groups is 2. The second-order valence-corrected chi connectivity index (χ2v) is 9.47. The van der Waals surface area contributed by atoms with Crippen molar-refractivity contribution in [1.29, 1.82) is 0 Å². The number of hydrogen-bond acceptors (Lipinski definition) is 6. The van der Waals surface area contributed by atoms with Gasteiger partial charge in [0.05, 0.1) is 22.8 Å². The van der Waals surface area contributed by atoms with Crippen LogP contribution in [0.4, 0.5) is 11.4 Å². The number of anilines is 2. The summed E-state index contributed by atoms with van der Waals surface area (Å²) in [5.41, 5.74) is 3.13. The Morgan fingerprint density at radius 1 is 1.20 bits per heavy atom. The third-order valence-corrected chi connectivity index (χ3v) is 7.46. The van der Waals surface area contributed by atoms with Gasteiger partial charge in [0.15, 0.2) is 4.96 Å². The normalized spacial score (nSPS) is 15.6. The molecule has 0 saturated carbocycles. The van der Waals surface area contributed by atoms with Gasteiger partial charge in [-0.2, -0.15) is 0 Å². The van der Waals surface area contributed by atoms with E-state index in [1.807, 2.05) is 18.2 Å². The number of amides is 2. The van der Waals surface area contributed by atoms with E-state index in [4.69, 9.17) is 0 Å². The van der Waals surface area contributed by atoms with Crippen LogP contribution in [0.3, 0.4) is 0 Å². The molecule has 2 aromatic heterocycles. The Hall–Kier alpha value is -2.65. The van der Waals surface area contributed by atoms with Crippen molar-refractivity contribution in [2.45, 2.75) is 31.4 Å². The van der Waals surface area contributed by atoms with Gasteiger partial charge in [-0.3, -0.25) is 18.8 Å². The molecule has 30 heavy (non-hydrogen) atoms. The van der Waals surface area contributed by atoms with E-state index < -0.39 is 0 Å². The van der Waals surface area contributed by atoms with Crippen LogP contribution < -0.4 is 15.8 Å². The van der Waals surface area contributed by atoms with Gasteiger partial charge in [-0.25, -0.2) is 4.98 Å². The molecule has 1 N–H and O–H groups in total. The van der Waals surface area contributed by atoms with E-state index in [-0.39, 0.29) is 29.7 Å². The molecule has 0 fully saturated rings. The topological polar surface area (TPSA) is 83.8 Å². The van der Waals surface area contributed by atoms with Gasteiger partial charge in [0.2, 0.25) is 11.8 Å². The molecule has 0 radical (unpaired) electrons. The van der Waals surface area contributed by atoms with E-state index >= 15 is 0 Å². The van der Waals surface area contributed by atoms with Crippen molar-refractivity contribution >= 4 is 51.2 Å². The molecule has 0 saturated heterocycles. The minimum Gasteiger partial charge on any atom is -0.323 e. The lowest BCUT2D eigenvalue weighted by molar-refractivity contribution is -0.120. The van der Waals surface area contributed by atoms with Crippen LogP contribution in [-0.2, 0) is 28.2 Å². The maximum Gasteiger partial charge on any atom is 0.259 e. The Bertz CT molecular complexity index is 1220. The van der Waals surface area contributed by atoms with Crippen LogP contribution in [0.1, 0.15) is 29.1 Å². The summed E-state index contributed by atoms with van der Waals surface area (Å²) in [4.78, 5) is 45.5. The van der Waals surface area contributed by atoms with E-state index in [0.29, 0.717) is 22.8 Å². The molecule has 154 valence electrons. The first-order valence-electron chi connectivity index (χ1n) is 9.90. The summed E-state index contributed by atoms with van der Waals surface area (Å²) in [6.07, 6.45) is 4.23. The maximum absolute atomic E-state index is 12.7. The Balaban J connectivity index is 1.29. The Kier molecular flexibility index (Phi) is 5.08. The lowest BCUT2D eigenvalue weighted by Gasteiger charge is -2.29. The number of nitrogens with zero attached hydrogens (tertiary/aromatic N) is 3. The average Bonchev–Trinajstić information content (AvgIpc) is 3.12. The highest BCUT2D eigenvalue weighted by Gasteiger charge is 2.26. The molecule has 5 rings (SSSR count). The number of fused-ring (bicyclic) bond motifs is 4. The molecule has 3 heterocycles. The lowest BCUT2D eigenvalue weighted by atomic mass is 10.0. The van der Waals surface area contributed by atoms with Gasteiger partial charge in [0, 0.05) is 22.4 Å². The Morgan fingerprint density at radius 3 is 2.93 bits per heavy atom. The number of aryl methyl sites for hydroxylation is 2. The van der Waals surface area contributed by atoms with Crippen molar-refractivity contribution in [2.75, 3.05) is 22.5 Å². The van der Waals surface area contributed by atoms with Crippen LogP contribution in [0.15, 0.2) is 35.1 Å². The first kappa shape index (κ1) is 19.3. The standard InChI is InChI=1S/C21H20N4O3S2/c26-18-10-24(15-6-2-1-5-14(15)23-18)20(28)12-29-11-13-9-19(27)25-16-7-3-4-8-17(16)30-21(25)22-13/h1-2,5-6,9H,3-4,7-8,10-12H2,(H,23,26). The molecule has 2 amide bonds. The van der Waals surface area contributed by atoms with E-state index in [9.17, 15) is 14.4 Å². The van der Waals surface area contributed by atoms with Gasteiger partial charge in [-0.15, -0.1) is 23.1 Å². The van der Waals surface area contributed by atoms with Crippen molar-refractivity contribution in [3.8, 4) is 0 Å². The average molecular weight is 441 g/mol. The fraction of sp³-hybridized carbons (Fsp3) is 0.333. The van der Waals surface area contributed by atoms with Crippen LogP contribution in [0.5, 0.6) is 0 Å². The highest BCUT2D eigenvalue weighted by atomic mass is 32.2. The number of hydrogen-bond donors (Lipinski definition) is 1. The Morgan fingerprint density at radius 2 is 2.03 bits per heavy atom. The third kappa shape index (κ3) is 3.52. The van der Waals surface area contributed by atoms with Gasteiger partial charge in [-0.1, -0.05) is 12.1 Å². The maximum atomic E-state index is 12.7. The molecule has 0 unspecified atom stereocenters. The van der Waals surface area contributed by atoms with E-state index in [1.165, 1.54) is 21.5 Å². The van der Waals surface area contributed by atoms with Crippen molar-refractivity contribution < 1.29 is 9.59 Å². The predicted molar refractivity (Wildman–Crippen MR) is 120 cm³/mol. The number of nitrogens with one attached hydrogen (secondary N) is 1. The van der Waals surface area contributed by atoms with Crippen molar-refractivity contribution in [3.05, 3.63) is 57.0 Å². The minimum absolute atomic E-state index is 0.0166. The molecular weight excluding hydrogens is 420 g/mol. The summed E-state index contributed by atoms with van der Waals surface area (Å²) in [5.74, 6) is 0.353. The summed E-state index contributed by atoms with van der Waals surface area (Å²) in [7, 11) is 0. The number of benzene rings is 1. The molecular formula is C21H20N4O3S2. The predicted octanol–water partition coefficient (Wildman–Crippen LogP) is 2.85. The van der Waals surface area contributed by atoms with Gasteiger partial charge in [-0.05, 0) is 37.8 Å². The minimum atomic E-state index is -0.200. The molecule has 9 heteroatoms. The second kappa shape index (κ2) is 7.88. The van der Waals surface area contributed by atoms with Crippen LogP contribution in [0.2, 0.25) is 0 Å². The first-order valence-corrected chi connectivity index (χ1v) is 11.9. The van der Waals surface area contributed by atoms with Crippen LogP contribution in [0.25, 0.3) is 4.96 Å². The molecule has 0 spiro atoms. The zero-order valence-corrected chi connectivity index (χ0v) is 17.9. The van der Waals surface area contributed by atoms with Crippen LogP contribution in [0, 0.1) is 0 Å². The van der Waals surface area contributed by atoms with Gasteiger partial charge in [0.25, 0.3) is 5.56 Å². The molecule has 0 bridgehead atoms. The molecule has 2 aliphatic rings. The molecule has 1 aromatic carbocycles. The summed E-state index contributed by atoms with van der Waals surface area (Å²) >= 11 is 3.01. The monoisotopic (exact) mass is 440 g/mol. The van der Waals surface area contributed by atoms with E-state index in [0.717, 1.165) is 36.3 Å². The lowest BCUT2D eigenvalue weighted by Crippen LogP contribution is -2.43. The fourth-order valence-corrected chi connectivity index (χ4v) is 6.01. The largest absolute Gasteiger partial charge is 0.323 e. The van der Waals surface area contributed by atoms with Crippen molar-refractivity contribution in [2.24, 2.45) is 0 Å². The van der Waals surface area contributed by atoms with Crippen molar-refractivity contribution in [3.63, 3.8) is 0 Å². The summed E-state index contributed by atoms with van der Waals surface area (Å²) in [5, 5.41) is 2.78. The van der Waals surface area contributed by atoms with Gasteiger partial charge >= 0.3 is 0 Å². The third-order valence-electron chi connectivity index (χ3n) is 5.36. The van der Waals surface area contributed by atoms with E-state index in [1.54, 1.807) is 27.9 Å².